The molecule has 2 rings (SSSR count). The van der Waals surface area contributed by atoms with Gasteiger partial charge < -0.3 is 10.3 Å². The fourth-order valence-electron chi connectivity index (χ4n) is 1.82. The normalized spacial score (nSPS) is 10.6. The van der Waals surface area contributed by atoms with Crippen molar-refractivity contribution in [2.24, 2.45) is 5.73 Å². The van der Waals surface area contributed by atoms with E-state index in [0.717, 1.165) is 18.8 Å². The first-order valence-corrected chi connectivity index (χ1v) is 5.60. The van der Waals surface area contributed by atoms with Crippen molar-refractivity contribution in [1.82, 2.24) is 9.55 Å². The third-order valence-corrected chi connectivity index (χ3v) is 2.70. The van der Waals surface area contributed by atoms with Crippen molar-refractivity contribution < 1.29 is 0 Å². The molecule has 1 heterocycles. The first-order chi connectivity index (χ1) is 7.83. The molecule has 3 heteroatoms. The molecule has 84 valence electrons. The summed E-state index contributed by atoms with van der Waals surface area (Å²) in [7, 11) is 0. The highest BCUT2D eigenvalue weighted by Gasteiger charge is 2.07. The molecule has 0 radical (unpaired) electrons. The van der Waals surface area contributed by atoms with Crippen LogP contribution in [0, 0.1) is 6.92 Å². The van der Waals surface area contributed by atoms with Crippen LogP contribution in [0.15, 0.2) is 36.7 Å². The van der Waals surface area contributed by atoms with E-state index in [1.54, 1.807) is 0 Å². The molecule has 3 nitrogen and oxygen atoms in total. The molecule has 0 amide bonds. The van der Waals surface area contributed by atoms with Crippen molar-refractivity contribution in [1.29, 1.82) is 0 Å². The Morgan fingerprint density at radius 1 is 1.31 bits per heavy atom. The monoisotopic (exact) mass is 215 g/mol. The average molecular weight is 215 g/mol. The Morgan fingerprint density at radius 3 is 2.88 bits per heavy atom. The van der Waals surface area contributed by atoms with Gasteiger partial charge in [-0.3, -0.25) is 0 Å². The van der Waals surface area contributed by atoms with E-state index in [4.69, 9.17) is 5.73 Å². The molecule has 0 saturated carbocycles. The second-order valence-electron chi connectivity index (χ2n) is 3.90. The molecular formula is C13H17N3. The van der Waals surface area contributed by atoms with Crippen LogP contribution < -0.4 is 5.73 Å². The van der Waals surface area contributed by atoms with Gasteiger partial charge in [-0.2, -0.15) is 0 Å². The highest BCUT2D eigenvalue weighted by molar-refractivity contribution is 5.60. The molecule has 0 spiro atoms. The number of aryl methyl sites for hydroxylation is 2. The predicted molar refractivity (Wildman–Crippen MR) is 66.1 cm³/mol. The van der Waals surface area contributed by atoms with Crippen LogP contribution in [-0.2, 0) is 6.54 Å². The lowest BCUT2D eigenvalue weighted by Crippen LogP contribution is -2.06. The minimum atomic E-state index is 0.714. The van der Waals surface area contributed by atoms with Gasteiger partial charge in [0.2, 0.25) is 0 Å². The summed E-state index contributed by atoms with van der Waals surface area (Å²) in [6, 6.07) is 8.31. The Bertz CT molecular complexity index is 460. The molecular weight excluding hydrogens is 198 g/mol. The average Bonchev–Trinajstić information content (AvgIpc) is 2.75. The van der Waals surface area contributed by atoms with Gasteiger partial charge in [0, 0.05) is 24.5 Å². The van der Waals surface area contributed by atoms with Crippen molar-refractivity contribution in [2.75, 3.05) is 6.54 Å². The van der Waals surface area contributed by atoms with Gasteiger partial charge in [-0.25, -0.2) is 4.98 Å². The van der Waals surface area contributed by atoms with E-state index in [1.807, 2.05) is 24.5 Å². The Balaban J connectivity index is 2.33. The predicted octanol–water partition coefficient (Wildman–Crippen LogP) is 2.21. The number of rotatable bonds is 4. The number of benzene rings is 1. The third-order valence-electron chi connectivity index (χ3n) is 2.70. The van der Waals surface area contributed by atoms with Crippen LogP contribution in [0.5, 0.6) is 0 Å². The van der Waals surface area contributed by atoms with Gasteiger partial charge in [-0.1, -0.05) is 24.3 Å². The van der Waals surface area contributed by atoms with Gasteiger partial charge >= 0.3 is 0 Å². The maximum atomic E-state index is 5.53. The molecule has 2 N–H and O–H groups in total. The summed E-state index contributed by atoms with van der Waals surface area (Å²) in [4.78, 5) is 4.42. The van der Waals surface area contributed by atoms with Crippen LogP contribution in [0.2, 0.25) is 0 Å². The molecule has 1 aromatic heterocycles. The molecule has 0 saturated heterocycles. The second kappa shape index (κ2) is 4.94. The Morgan fingerprint density at radius 2 is 2.12 bits per heavy atom. The summed E-state index contributed by atoms with van der Waals surface area (Å²) >= 11 is 0. The largest absolute Gasteiger partial charge is 0.331 e. The highest BCUT2D eigenvalue weighted by atomic mass is 15.1. The van der Waals surface area contributed by atoms with E-state index in [9.17, 15) is 0 Å². The second-order valence-corrected chi connectivity index (χ2v) is 3.90. The molecule has 0 aliphatic heterocycles. The van der Waals surface area contributed by atoms with Gasteiger partial charge in [0.15, 0.2) is 0 Å². The molecule has 2 aromatic rings. The van der Waals surface area contributed by atoms with E-state index in [0.29, 0.717) is 6.54 Å². The molecule has 0 unspecified atom stereocenters. The van der Waals surface area contributed by atoms with E-state index < -0.39 is 0 Å². The molecule has 0 atom stereocenters. The van der Waals surface area contributed by atoms with Crippen LogP contribution in [0.1, 0.15) is 12.0 Å². The topological polar surface area (TPSA) is 43.8 Å². The summed E-state index contributed by atoms with van der Waals surface area (Å²) in [5.41, 5.74) is 7.98. The number of nitrogens with zero attached hydrogens (tertiary/aromatic N) is 2. The standard InChI is InChI=1S/C13H17N3/c1-11-5-2-3-6-12(11)13-15-8-10-16(13)9-4-7-14/h2-3,5-6,8,10H,4,7,9,14H2,1H3. The molecule has 0 aliphatic carbocycles. The SMILES string of the molecule is Cc1ccccc1-c1nccn1CCCN. The summed E-state index contributed by atoms with van der Waals surface area (Å²) < 4.78 is 2.16. The summed E-state index contributed by atoms with van der Waals surface area (Å²) in [6.45, 7) is 3.75. The molecule has 0 aliphatic rings. The van der Waals surface area contributed by atoms with Crippen molar-refractivity contribution in [3.05, 3.63) is 42.2 Å². The third kappa shape index (κ3) is 2.14. The lowest BCUT2D eigenvalue weighted by Gasteiger charge is -2.09. The smallest absolute Gasteiger partial charge is 0.140 e. The van der Waals surface area contributed by atoms with Crippen LogP contribution in [0.3, 0.4) is 0 Å². The zero-order valence-corrected chi connectivity index (χ0v) is 9.56. The van der Waals surface area contributed by atoms with Gasteiger partial charge in [-0.05, 0) is 25.5 Å². The minimum absolute atomic E-state index is 0.714. The summed E-state index contributed by atoms with van der Waals surface area (Å²) in [5, 5.41) is 0. The molecule has 0 bridgehead atoms. The number of hydrogen-bond donors (Lipinski definition) is 1. The van der Waals surface area contributed by atoms with E-state index >= 15 is 0 Å². The van der Waals surface area contributed by atoms with Gasteiger partial charge in [0.05, 0.1) is 0 Å². The van der Waals surface area contributed by atoms with E-state index in [2.05, 4.69) is 28.6 Å². The maximum Gasteiger partial charge on any atom is 0.140 e. The Labute approximate surface area is 95.9 Å². The molecule has 16 heavy (non-hydrogen) atoms. The van der Waals surface area contributed by atoms with Gasteiger partial charge in [0.1, 0.15) is 5.82 Å². The number of aromatic nitrogens is 2. The van der Waals surface area contributed by atoms with Crippen molar-refractivity contribution >= 4 is 0 Å². The number of nitrogens with two attached hydrogens (primary N) is 1. The zero-order chi connectivity index (χ0) is 11.4. The number of hydrogen-bond acceptors (Lipinski definition) is 2. The molecule has 1 aromatic carbocycles. The quantitative estimate of drug-likeness (QED) is 0.849. The van der Waals surface area contributed by atoms with Gasteiger partial charge in [0.25, 0.3) is 0 Å². The fraction of sp³-hybridized carbons (Fsp3) is 0.308. The van der Waals surface area contributed by atoms with Crippen molar-refractivity contribution in [3.8, 4) is 11.4 Å². The zero-order valence-electron chi connectivity index (χ0n) is 9.56. The van der Waals surface area contributed by atoms with Crippen LogP contribution >= 0.6 is 0 Å². The Hall–Kier alpha value is -1.61. The van der Waals surface area contributed by atoms with Crippen molar-refractivity contribution in [3.63, 3.8) is 0 Å². The van der Waals surface area contributed by atoms with Crippen molar-refractivity contribution in [2.45, 2.75) is 19.9 Å². The maximum absolute atomic E-state index is 5.53. The fourth-order valence-corrected chi connectivity index (χ4v) is 1.82. The van der Waals surface area contributed by atoms with E-state index in [-0.39, 0.29) is 0 Å². The summed E-state index contributed by atoms with van der Waals surface area (Å²) in [5.74, 6) is 1.03. The lowest BCUT2D eigenvalue weighted by molar-refractivity contribution is 0.656. The first-order valence-electron chi connectivity index (χ1n) is 5.60. The lowest BCUT2D eigenvalue weighted by atomic mass is 10.1. The van der Waals surface area contributed by atoms with Crippen LogP contribution in [-0.4, -0.2) is 16.1 Å². The number of imidazole rings is 1. The van der Waals surface area contributed by atoms with Crippen LogP contribution in [0.25, 0.3) is 11.4 Å². The van der Waals surface area contributed by atoms with E-state index in [1.165, 1.54) is 11.1 Å². The van der Waals surface area contributed by atoms with Gasteiger partial charge in [-0.15, -0.1) is 0 Å². The van der Waals surface area contributed by atoms with Crippen LogP contribution in [0.4, 0.5) is 0 Å². The summed E-state index contributed by atoms with van der Waals surface area (Å²) in [6.07, 6.45) is 4.84. The minimum Gasteiger partial charge on any atom is -0.331 e. The first kappa shape index (κ1) is 10.9. The molecule has 0 fully saturated rings. The Kier molecular flexibility index (Phi) is 3.37. The highest BCUT2D eigenvalue weighted by Crippen LogP contribution is 2.21.